The largest absolute Gasteiger partial charge is 0.486 e. The quantitative estimate of drug-likeness (QED) is 0.529. The van der Waals surface area contributed by atoms with Gasteiger partial charge in [-0.3, -0.25) is 9.89 Å². The zero-order chi connectivity index (χ0) is 17.5. The fourth-order valence-electron chi connectivity index (χ4n) is 3.16. The predicted molar refractivity (Wildman–Crippen MR) is 99.0 cm³/mol. The van der Waals surface area contributed by atoms with Crippen LogP contribution in [0, 0.1) is 0 Å². The predicted octanol–water partition coefficient (Wildman–Crippen LogP) is 2.79. The fraction of sp³-hybridized carbons (Fsp3) is 0.158. The van der Waals surface area contributed by atoms with Crippen LogP contribution in [0.25, 0.3) is 21.8 Å². The highest BCUT2D eigenvalue weighted by Crippen LogP contribution is 2.33. The van der Waals surface area contributed by atoms with E-state index >= 15 is 0 Å². The van der Waals surface area contributed by atoms with E-state index in [0.717, 1.165) is 27.5 Å². The molecule has 0 amide bonds. The average Bonchev–Trinajstić information content (AvgIpc) is 3.12. The Morgan fingerprint density at radius 3 is 2.73 bits per heavy atom. The van der Waals surface area contributed by atoms with Crippen LogP contribution < -0.4 is 20.3 Å². The van der Waals surface area contributed by atoms with Gasteiger partial charge in [0.25, 0.3) is 5.56 Å². The number of H-pyrrole nitrogens is 2. The number of aromatic nitrogens is 3. The molecule has 0 radical (unpaired) electrons. The molecular weight excluding hydrogens is 332 g/mol. The first kappa shape index (κ1) is 14.8. The number of benzene rings is 2. The second-order valence-electron chi connectivity index (χ2n) is 6.23. The minimum absolute atomic E-state index is 0.121. The molecule has 0 atom stereocenters. The van der Waals surface area contributed by atoms with E-state index in [2.05, 4.69) is 20.5 Å². The second-order valence-corrected chi connectivity index (χ2v) is 6.23. The van der Waals surface area contributed by atoms with Crippen molar-refractivity contribution in [1.29, 1.82) is 0 Å². The Morgan fingerprint density at radius 1 is 1.00 bits per heavy atom. The highest BCUT2D eigenvalue weighted by molar-refractivity contribution is 5.83. The number of pyridine rings is 1. The normalized spacial score (nSPS) is 13.2. The van der Waals surface area contributed by atoms with Gasteiger partial charge in [-0.15, -0.1) is 0 Å². The maximum atomic E-state index is 12.4. The van der Waals surface area contributed by atoms with Crippen molar-refractivity contribution < 1.29 is 9.47 Å². The number of ether oxygens (including phenoxy) is 2. The Kier molecular flexibility index (Phi) is 3.31. The molecule has 3 heterocycles. The summed E-state index contributed by atoms with van der Waals surface area (Å²) in [4.78, 5) is 15.3. The van der Waals surface area contributed by atoms with E-state index < -0.39 is 0 Å². The van der Waals surface area contributed by atoms with Gasteiger partial charge in [-0.2, -0.15) is 5.10 Å². The van der Waals surface area contributed by atoms with Gasteiger partial charge in [-0.05, 0) is 30.3 Å². The molecule has 0 aliphatic carbocycles. The number of rotatable bonds is 3. The molecule has 0 saturated carbocycles. The monoisotopic (exact) mass is 348 g/mol. The third kappa shape index (κ3) is 2.54. The Bertz CT molecular complexity index is 1180. The molecule has 26 heavy (non-hydrogen) atoms. The summed E-state index contributed by atoms with van der Waals surface area (Å²) in [5, 5.41) is 12.2. The van der Waals surface area contributed by atoms with E-state index in [4.69, 9.17) is 9.47 Å². The fourth-order valence-corrected chi connectivity index (χ4v) is 3.16. The lowest BCUT2D eigenvalue weighted by atomic mass is 10.1. The molecular formula is C19H16N4O3. The van der Waals surface area contributed by atoms with Crippen molar-refractivity contribution in [1.82, 2.24) is 15.2 Å². The lowest BCUT2D eigenvalue weighted by molar-refractivity contribution is 0.172. The maximum Gasteiger partial charge on any atom is 0.253 e. The molecule has 0 fully saturated rings. The highest BCUT2D eigenvalue weighted by Gasteiger charge is 2.14. The number of fused-ring (bicyclic) bond motifs is 3. The van der Waals surface area contributed by atoms with Gasteiger partial charge in [-0.25, -0.2) is 0 Å². The number of hydrogen-bond acceptors (Lipinski definition) is 5. The van der Waals surface area contributed by atoms with Crippen LogP contribution in [-0.2, 0) is 6.54 Å². The van der Waals surface area contributed by atoms with Crippen LogP contribution in [0.5, 0.6) is 11.5 Å². The minimum Gasteiger partial charge on any atom is -0.486 e. The van der Waals surface area contributed by atoms with Crippen molar-refractivity contribution in [2.75, 3.05) is 18.5 Å². The molecule has 7 heteroatoms. The van der Waals surface area contributed by atoms with Crippen LogP contribution in [-0.4, -0.2) is 28.4 Å². The van der Waals surface area contributed by atoms with Crippen molar-refractivity contribution in [3.05, 3.63) is 58.5 Å². The molecule has 0 bridgehead atoms. The molecule has 0 unspecified atom stereocenters. The molecule has 2 aromatic heterocycles. The van der Waals surface area contributed by atoms with Crippen molar-refractivity contribution in [3.8, 4) is 11.5 Å². The van der Waals surface area contributed by atoms with E-state index in [1.807, 2.05) is 36.4 Å². The summed E-state index contributed by atoms with van der Waals surface area (Å²) >= 11 is 0. The zero-order valence-corrected chi connectivity index (χ0v) is 13.8. The van der Waals surface area contributed by atoms with E-state index in [0.29, 0.717) is 36.8 Å². The van der Waals surface area contributed by atoms with Gasteiger partial charge >= 0.3 is 0 Å². The Morgan fingerprint density at radius 2 is 1.85 bits per heavy atom. The van der Waals surface area contributed by atoms with Gasteiger partial charge < -0.3 is 19.8 Å². The van der Waals surface area contributed by atoms with Crippen LogP contribution in [0.3, 0.4) is 0 Å². The van der Waals surface area contributed by atoms with E-state index in [-0.39, 0.29) is 5.56 Å². The zero-order valence-electron chi connectivity index (χ0n) is 13.8. The van der Waals surface area contributed by atoms with Gasteiger partial charge in [-0.1, -0.05) is 0 Å². The number of anilines is 1. The smallest absolute Gasteiger partial charge is 0.253 e. The highest BCUT2D eigenvalue weighted by atomic mass is 16.6. The molecule has 1 aliphatic heterocycles. The molecule has 2 aromatic carbocycles. The van der Waals surface area contributed by atoms with Crippen molar-refractivity contribution in [2.45, 2.75) is 6.54 Å². The summed E-state index contributed by atoms with van der Waals surface area (Å²) in [5.41, 5.74) is 3.14. The summed E-state index contributed by atoms with van der Waals surface area (Å²) in [6.45, 7) is 1.47. The summed E-state index contributed by atoms with van der Waals surface area (Å²) < 4.78 is 11.2. The average molecular weight is 348 g/mol. The third-order valence-corrected chi connectivity index (χ3v) is 4.51. The Balaban J connectivity index is 1.46. The SMILES string of the molecule is O=c1[nH]c2cc3c(cc2cc1CNc1ccc2cn[nH]c2c1)OCCO3. The molecule has 0 saturated heterocycles. The Hall–Kier alpha value is -3.48. The lowest BCUT2D eigenvalue weighted by Crippen LogP contribution is -2.17. The molecule has 5 rings (SSSR count). The summed E-state index contributed by atoms with van der Waals surface area (Å²) in [6, 6.07) is 11.5. The van der Waals surface area contributed by atoms with E-state index in [1.165, 1.54) is 0 Å². The summed E-state index contributed by atoms with van der Waals surface area (Å²) in [5.74, 6) is 1.37. The number of nitrogens with one attached hydrogen (secondary N) is 3. The van der Waals surface area contributed by atoms with Gasteiger partial charge in [0.1, 0.15) is 13.2 Å². The second kappa shape index (κ2) is 5.80. The van der Waals surface area contributed by atoms with Crippen LogP contribution >= 0.6 is 0 Å². The van der Waals surface area contributed by atoms with Gasteiger partial charge in [0.2, 0.25) is 0 Å². The van der Waals surface area contributed by atoms with Crippen LogP contribution in [0.1, 0.15) is 5.56 Å². The minimum atomic E-state index is -0.121. The first-order valence-electron chi connectivity index (χ1n) is 8.39. The molecule has 1 aliphatic rings. The topological polar surface area (TPSA) is 92.0 Å². The third-order valence-electron chi connectivity index (χ3n) is 4.51. The van der Waals surface area contributed by atoms with Gasteiger partial charge in [0.05, 0.1) is 17.2 Å². The van der Waals surface area contributed by atoms with E-state index in [1.54, 1.807) is 6.20 Å². The molecule has 7 nitrogen and oxygen atoms in total. The number of aromatic amines is 2. The lowest BCUT2D eigenvalue weighted by Gasteiger charge is -2.19. The Labute approximate surface area is 147 Å². The van der Waals surface area contributed by atoms with Gasteiger partial charge in [0, 0.05) is 34.6 Å². The first-order chi connectivity index (χ1) is 12.8. The standard InChI is InChI=1S/C19H16N4O3/c24-19-13(9-20-14-2-1-11-10-21-23-16(11)7-14)5-12-6-17-18(8-15(12)22-19)26-4-3-25-17/h1-2,5-8,10,20H,3-4,9H2,(H,21,23)(H,22,24). The maximum absolute atomic E-state index is 12.4. The summed E-state index contributed by atoms with van der Waals surface area (Å²) in [7, 11) is 0. The molecule has 0 spiro atoms. The molecule has 4 aromatic rings. The van der Waals surface area contributed by atoms with Crippen molar-refractivity contribution >= 4 is 27.5 Å². The molecule has 130 valence electrons. The number of nitrogens with zero attached hydrogens (tertiary/aromatic N) is 1. The van der Waals surface area contributed by atoms with Crippen molar-refractivity contribution in [3.63, 3.8) is 0 Å². The number of hydrogen-bond donors (Lipinski definition) is 3. The molecule has 3 N–H and O–H groups in total. The van der Waals surface area contributed by atoms with Crippen LogP contribution in [0.4, 0.5) is 5.69 Å². The van der Waals surface area contributed by atoms with Gasteiger partial charge in [0.15, 0.2) is 11.5 Å². The first-order valence-corrected chi connectivity index (χ1v) is 8.39. The summed E-state index contributed by atoms with van der Waals surface area (Å²) in [6.07, 6.45) is 1.78. The van der Waals surface area contributed by atoms with Crippen LogP contribution in [0.15, 0.2) is 47.4 Å². The van der Waals surface area contributed by atoms with Crippen molar-refractivity contribution in [2.24, 2.45) is 0 Å². The van der Waals surface area contributed by atoms with E-state index in [9.17, 15) is 4.79 Å². The van der Waals surface area contributed by atoms with Crippen LogP contribution in [0.2, 0.25) is 0 Å².